The molecule has 2 saturated heterocycles. The van der Waals surface area contributed by atoms with Gasteiger partial charge in [-0.25, -0.2) is 9.97 Å². The van der Waals surface area contributed by atoms with Crippen LogP contribution in [-0.2, 0) is 22.6 Å². The van der Waals surface area contributed by atoms with E-state index in [0.717, 1.165) is 59.8 Å². The molecule has 6 rings (SSSR count). The molecule has 0 aliphatic carbocycles. The first-order chi connectivity index (χ1) is 21.4. The second kappa shape index (κ2) is 13.3. The van der Waals surface area contributed by atoms with Crippen LogP contribution in [0.2, 0.25) is 10.0 Å². The molecular weight excluding hydrogens is 603 g/mol. The molecule has 0 spiro atoms. The molecule has 2 aliphatic rings. The van der Waals surface area contributed by atoms with E-state index in [9.17, 15) is 0 Å². The zero-order chi connectivity index (χ0) is 30.8. The molecule has 2 aliphatic heterocycles. The van der Waals surface area contributed by atoms with Crippen LogP contribution in [-0.4, -0.2) is 96.6 Å². The lowest BCUT2D eigenvalue weighted by molar-refractivity contribution is -0.0343. The van der Waals surface area contributed by atoms with E-state index in [2.05, 4.69) is 19.8 Å². The number of methoxy groups -OCH3 is 4. The fraction of sp³-hybridized carbons (Fsp3) is 0.375. The fourth-order valence-electron chi connectivity index (χ4n) is 5.50. The lowest BCUT2D eigenvalue weighted by atomic mass is 9.98. The average molecular weight is 638 g/mol. The van der Waals surface area contributed by atoms with Gasteiger partial charge in [0.25, 0.3) is 0 Å². The third kappa shape index (κ3) is 6.10. The molecule has 0 saturated carbocycles. The van der Waals surface area contributed by atoms with Crippen LogP contribution in [0.1, 0.15) is 11.4 Å². The molecule has 2 fully saturated rings. The van der Waals surface area contributed by atoms with Crippen molar-refractivity contribution in [3.8, 4) is 45.4 Å². The summed E-state index contributed by atoms with van der Waals surface area (Å²) in [5.41, 5.74) is 5.70. The highest BCUT2D eigenvalue weighted by Crippen LogP contribution is 2.42. The molecule has 12 heteroatoms. The van der Waals surface area contributed by atoms with Crippen molar-refractivity contribution in [2.75, 3.05) is 54.6 Å². The summed E-state index contributed by atoms with van der Waals surface area (Å²) in [6.45, 7) is 4.68. The number of hydrogen-bond donors (Lipinski definition) is 0. The number of benzene rings is 2. The molecule has 0 radical (unpaired) electrons. The van der Waals surface area contributed by atoms with Gasteiger partial charge >= 0.3 is 0 Å². The van der Waals surface area contributed by atoms with Crippen molar-refractivity contribution in [3.05, 3.63) is 70.2 Å². The Hall–Kier alpha value is -3.38. The molecule has 2 aromatic heterocycles. The second-order valence-electron chi connectivity index (χ2n) is 10.9. The highest BCUT2D eigenvalue weighted by molar-refractivity contribution is 6.39. The Bertz CT molecular complexity index is 1520. The Morgan fingerprint density at radius 3 is 1.39 bits per heavy atom. The highest BCUT2D eigenvalue weighted by Gasteiger charge is 2.29. The monoisotopic (exact) mass is 636 g/mol. The van der Waals surface area contributed by atoms with Gasteiger partial charge in [-0.15, -0.1) is 0 Å². The summed E-state index contributed by atoms with van der Waals surface area (Å²) in [7, 11) is 6.66. The maximum absolute atomic E-state index is 7.04. The summed E-state index contributed by atoms with van der Waals surface area (Å²) in [6, 6.07) is 11.5. The van der Waals surface area contributed by atoms with Gasteiger partial charge in [-0.2, -0.15) is 0 Å². The van der Waals surface area contributed by atoms with Crippen molar-refractivity contribution < 1.29 is 18.9 Å². The second-order valence-corrected chi connectivity index (χ2v) is 11.6. The molecule has 10 nitrogen and oxygen atoms in total. The number of halogens is 2. The SMILES string of the molecule is COc1nc(-c2cccc(-c3cccc(-c4cnc(CN5CC(OC)C5)c(OC)n4)c3Cl)c2Cl)cnc1CN1CC(OC)C1. The molecule has 44 heavy (non-hydrogen) atoms. The van der Waals surface area contributed by atoms with E-state index in [1.165, 1.54) is 0 Å². The molecular formula is C32H34Cl2N6O4. The zero-order valence-corrected chi connectivity index (χ0v) is 26.6. The Balaban J connectivity index is 1.27. The molecule has 0 bridgehead atoms. The van der Waals surface area contributed by atoms with Gasteiger partial charge in [-0.05, 0) is 0 Å². The van der Waals surface area contributed by atoms with E-state index < -0.39 is 0 Å². The number of nitrogens with zero attached hydrogens (tertiary/aromatic N) is 6. The third-order valence-corrected chi connectivity index (χ3v) is 8.92. The van der Waals surface area contributed by atoms with Crippen LogP contribution in [0, 0.1) is 0 Å². The Kier molecular flexibility index (Phi) is 9.27. The number of aromatic nitrogens is 4. The maximum Gasteiger partial charge on any atom is 0.237 e. The predicted octanol–water partition coefficient (Wildman–Crippen LogP) is 5.25. The number of rotatable bonds is 11. The molecule has 230 valence electrons. The van der Waals surface area contributed by atoms with Gasteiger partial charge < -0.3 is 18.9 Å². The summed E-state index contributed by atoms with van der Waals surface area (Å²) in [4.78, 5) is 23.4. The Morgan fingerprint density at radius 2 is 1.02 bits per heavy atom. The molecule has 0 unspecified atom stereocenters. The first-order valence-corrected chi connectivity index (χ1v) is 15.1. The largest absolute Gasteiger partial charge is 0.480 e. The molecule has 4 aromatic rings. The first-order valence-electron chi connectivity index (χ1n) is 14.3. The van der Waals surface area contributed by atoms with Crippen molar-refractivity contribution in [1.82, 2.24) is 29.7 Å². The van der Waals surface area contributed by atoms with E-state index in [1.54, 1.807) is 40.8 Å². The van der Waals surface area contributed by atoms with E-state index in [4.69, 9.17) is 52.1 Å². The number of hydrogen-bond acceptors (Lipinski definition) is 10. The van der Waals surface area contributed by atoms with Crippen LogP contribution >= 0.6 is 23.2 Å². The fourth-order valence-corrected chi connectivity index (χ4v) is 6.15. The Morgan fingerprint density at radius 1 is 0.636 bits per heavy atom. The summed E-state index contributed by atoms with van der Waals surface area (Å²) in [6.07, 6.45) is 3.97. The Labute approximate surface area is 266 Å². The van der Waals surface area contributed by atoms with Crippen molar-refractivity contribution in [1.29, 1.82) is 0 Å². The molecule has 0 N–H and O–H groups in total. The standard InChI is InChI=1S/C32H34Cl2N6O4/c1-41-19-13-39(14-19)17-27-31(43-3)37-25(11-35-27)23-9-5-7-21(29(23)33)22-8-6-10-24(30(22)34)26-12-36-28(32(38-26)44-4)18-40-15-20(16-40)42-2/h5-12,19-20H,13-18H2,1-4H3. The maximum atomic E-state index is 7.04. The van der Waals surface area contributed by atoms with Crippen molar-refractivity contribution in [3.63, 3.8) is 0 Å². The van der Waals surface area contributed by atoms with Gasteiger partial charge in [-0.3, -0.25) is 19.8 Å². The van der Waals surface area contributed by atoms with Gasteiger partial charge in [-0.1, -0.05) is 59.6 Å². The van der Waals surface area contributed by atoms with Crippen LogP contribution in [0.3, 0.4) is 0 Å². The quantitative estimate of drug-likeness (QED) is 0.217. The van der Waals surface area contributed by atoms with Crippen LogP contribution in [0.5, 0.6) is 11.8 Å². The van der Waals surface area contributed by atoms with Crippen molar-refractivity contribution in [2.45, 2.75) is 25.3 Å². The summed E-state index contributed by atoms with van der Waals surface area (Å²) in [5.74, 6) is 0.932. The summed E-state index contributed by atoms with van der Waals surface area (Å²) < 4.78 is 22.0. The number of likely N-dealkylation sites (tertiary alicyclic amines) is 2. The van der Waals surface area contributed by atoms with Crippen molar-refractivity contribution >= 4 is 23.2 Å². The number of ether oxygens (including phenoxy) is 4. The van der Waals surface area contributed by atoms with Crippen LogP contribution in [0.25, 0.3) is 33.6 Å². The van der Waals surface area contributed by atoms with Gasteiger partial charge in [0.05, 0.1) is 60.3 Å². The van der Waals surface area contributed by atoms with Crippen molar-refractivity contribution in [2.24, 2.45) is 0 Å². The van der Waals surface area contributed by atoms with E-state index in [1.807, 2.05) is 36.4 Å². The molecule has 4 heterocycles. The summed E-state index contributed by atoms with van der Waals surface area (Å²) >= 11 is 14.1. The van der Waals surface area contributed by atoms with E-state index in [0.29, 0.717) is 46.3 Å². The minimum Gasteiger partial charge on any atom is -0.480 e. The topological polar surface area (TPSA) is 95.0 Å². The zero-order valence-electron chi connectivity index (χ0n) is 25.1. The molecule has 0 amide bonds. The van der Waals surface area contributed by atoms with Gasteiger partial charge in [0.1, 0.15) is 11.4 Å². The van der Waals surface area contributed by atoms with Crippen LogP contribution < -0.4 is 9.47 Å². The summed E-state index contributed by atoms with van der Waals surface area (Å²) in [5, 5.41) is 1.01. The van der Waals surface area contributed by atoms with Crippen LogP contribution in [0.4, 0.5) is 0 Å². The van der Waals surface area contributed by atoms with Gasteiger partial charge in [0.2, 0.25) is 11.8 Å². The lowest BCUT2D eigenvalue weighted by Crippen LogP contribution is -2.51. The third-order valence-electron chi connectivity index (χ3n) is 8.11. The van der Waals surface area contributed by atoms with E-state index in [-0.39, 0.29) is 12.2 Å². The van der Waals surface area contributed by atoms with Gasteiger partial charge in [0, 0.05) is 75.7 Å². The predicted molar refractivity (Wildman–Crippen MR) is 169 cm³/mol. The van der Waals surface area contributed by atoms with E-state index >= 15 is 0 Å². The first kappa shape index (κ1) is 30.6. The van der Waals surface area contributed by atoms with Gasteiger partial charge in [0.15, 0.2) is 0 Å². The minimum atomic E-state index is 0.258. The molecule has 2 aromatic carbocycles. The minimum absolute atomic E-state index is 0.258. The highest BCUT2D eigenvalue weighted by atomic mass is 35.5. The average Bonchev–Trinajstić information content (AvgIpc) is 3.01. The normalized spacial score (nSPS) is 16.0. The molecule has 0 atom stereocenters. The smallest absolute Gasteiger partial charge is 0.237 e. The van der Waals surface area contributed by atoms with Crippen LogP contribution in [0.15, 0.2) is 48.8 Å². The lowest BCUT2D eigenvalue weighted by Gasteiger charge is -2.37.